The van der Waals surface area contributed by atoms with Crippen LogP contribution in [-0.2, 0) is 7.05 Å². The summed E-state index contributed by atoms with van der Waals surface area (Å²) in [7, 11) is 3.71. The summed E-state index contributed by atoms with van der Waals surface area (Å²) in [5, 5.41) is 14.5. The molecular weight excluding hydrogens is 244 g/mol. The van der Waals surface area contributed by atoms with E-state index in [0.717, 1.165) is 24.0 Å². The van der Waals surface area contributed by atoms with Gasteiger partial charge in [-0.3, -0.25) is 4.68 Å². The number of fused-ring (bicyclic) bond motifs is 1. The van der Waals surface area contributed by atoms with Crippen molar-refractivity contribution in [3.05, 3.63) is 17.5 Å². The third kappa shape index (κ3) is 2.14. The molecule has 1 N–H and O–H groups in total. The Morgan fingerprint density at radius 1 is 1.53 bits per heavy atom. The van der Waals surface area contributed by atoms with Crippen LogP contribution in [0.3, 0.4) is 0 Å². The molecule has 6 heteroatoms. The largest absolute Gasteiger partial charge is 0.478 e. The van der Waals surface area contributed by atoms with E-state index in [1.165, 1.54) is 6.20 Å². The molecule has 102 valence electrons. The van der Waals surface area contributed by atoms with E-state index in [4.69, 9.17) is 0 Å². The fourth-order valence-electron chi connectivity index (χ4n) is 2.39. The summed E-state index contributed by atoms with van der Waals surface area (Å²) in [6.45, 7) is 4.72. The second kappa shape index (κ2) is 4.87. The molecule has 0 radical (unpaired) electrons. The zero-order chi connectivity index (χ0) is 14.2. The monoisotopic (exact) mass is 262 g/mol. The second-order valence-electron chi connectivity index (χ2n) is 4.65. The van der Waals surface area contributed by atoms with Crippen molar-refractivity contribution in [3.63, 3.8) is 0 Å². The maximum absolute atomic E-state index is 11.4. The molecule has 0 atom stereocenters. The van der Waals surface area contributed by atoms with E-state index < -0.39 is 5.97 Å². The van der Waals surface area contributed by atoms with Gasteiger partial charge >= 0.3 is 5.97 Å². The minimum atomic E-state index is -0.962. The summed E-state index contributed by atoms with van der Waals surface area (Å²) in [6.07, 6.45) is 2.35. The van der Waals surface area contributed by atoms with E-state index in [0.29, 0.717) is 11.3 Å². The quantitative estimate of drug-likeness (QED) is 0.910. The van der Waals surface area contributed by atoms with Crippen LogP contribution in [0.25, 0.3) is 11.0 Å². The Balaban J connectivity index is 2.79. The number of hydrogen-bond acceptors (Lipinski definition) is 4. The summed E-state index contributed by atoms with van der Waals surface area (Å²) in [5.74, 6) is -0.962. The topological polar surface area (TPSA) is 71.2 Å². The SMILES string of the molecule is CCCN(C)c1c(C(=O)O)cnc2c1c(C)nn2C. The lowest BCUT2D eigenvalue weighted by molar-refractivity contribution is 0.0697. The Labute approximate surface area is 111 Å². The normalized spacial score (nSPS) is 10.9. The predicted octanol–water partition coefficient (Wildman–Crippen LogP) is 1.82. The molecule has 2 heterocycles. The van der Waals surface area contributed by atoms with Crippen LogP contribution in [-0.4, -0.2) is 39.4 Å². The molecule has 2 aromatic heterocycles. The molecule has 0 aliphatic rings. The van der Waals surface area contributed by atoms with Crippen molar-refractivity contribution in [2.75, 3.05) is 18.5 Å². The maximum Gasteiger partial charge on any atom is 0.339 e. The number of anilines is 1. The van der Waals surface area contributed by atoms with Gasteiger partial charge in [0.05, 0.1) is 16.8 Å². The highest BCUT2D eigenvalue weighted by Gasteiger charge is 2.21. The molecule has 0 amide bonds. The maximum atomic E-state index is 11.4. The molecule has 0 saturated heterocycles. The van der Waals surface area contributed by atoms with Gasteiger partial charge in [0.2, 0.25) is 0 Å². The molecule has 0 aromatic carbocycles. The van der Waals surface area contributed by atoms with Crippen molar-refractivity contribution in [1.29, 1.82) is 0 Å². The number of rotatable bonds is 4. The lowest BCUT2D eigenvalue weighted by Gasteiger charge is -2.21. The second-order valence-corrected chi connectivity index (χ2v) is 4.65. The first kappa shape index (κ1) is 13.3. The Hall–Kier alpha value is -2.11. The van der Waals surface area contributed by atoms with Gasteiger partial charge in [-0.1, -0.05) is 6.92 Å². The van der Waals surface area contributed by atoms with Crippen LogP contribution in [0.15, 0.2) is 6.20 Å². The first-order valence-electron chi connectivity index (χ1n) is 6.24. The van der Waals surface area contributed by atoms with E-state index >= 15 is 0 Å². The number of aryl methyl sites for hydroxylation is 2. The first-order valence-corrected chi connectivity index (χ1v) is 6.24. The molecule has 19 heavy (non-hydrogen) atoms. The molecule has 0 bridgehead atoms. The highest BCUT2D eigenvalue weighted by molar-refractivity contribution is 6.04. The van der Waals surface area contributed by atoms with Crippen LogP contribution < -0.4 is 4.90 Å². The Kier molecular flexibility index (Phi) is 3.42. The highest BCUT2D eigenvalue weighted by atomic mass is 16.4. The number of carboxylic acid groups (broad SMARTS) is 1. The third-order valence-corrected chi connectivity index (χ3v) is 3.17. The lowest BCUT2D eigenvalue weighted by atomic mass is 10.1. The molecule has 2 rings (SSSR count). The molecule has 0 fully saturated rings. The standard InChI is InChI=1S/C13H18N4O2/c1-5-6-16(3)11-9(13(18)19)7-14-12-10(11)8(2)15-17(12)4/h7H,5-6H2,1-4H3,(H,18,19). The fraction of sp³-hybridized carbons (Fsp3) is 0.462. The van der Waals surface area contributed by atoms with E-state index in [-0.39, 0.29) is 5.56 Å². The Morgan fingerprint density at radius 3 is 2.79 bits per heavy atom. The van der Waals surface area contributed by atoms with Gasteiger partial charge in [-0.2, -0.15) is 5.10 Å². The minimum Gasteiger partial charge on any atom is -0.478 e. The third-order valence-electron chi connectivity index (χ3n) is 3.17. The van der Waals surface area contributed by atoms with Crippen LogP contribution >= 0.6 is 0 Å². The van der Waals surface area contributed by atoms with E-state index in [9.17, 15) is 9.90 Å². The minimum absolute atomic E-state index is 0.222. The number of nitrogens with zero attached hydrogens (tertiary/aromatic N) is 4. The van der Waals surface area contributed by atoms with Crippen LogP contribution in [0.2, 0.25) is 0 Å². The number of carboxylic acids is 1. The number of carbonyl (C=O) groups is 1. The lowest BCUT2D eigenvalue weighted by Crippen LogP contribution is -2.21. The first-order chi connectivity index (χ1) is 8.97. The summed E-state index contributed by atoms with van der Waals surface area (Å²) < 4.78 is 1.68. The summed E-state index contributed by atoms with van der Waals surface area (Å²) in [5.41, 5.74) is 2.43. The van der Waals surface area contributed by atoms with Crippen LogP contribution in [0.4, 0.5) is 5.69 Å². The van der Waals surface area contributed by atoms with Gasteiger partial charge in [0.15, 0.2) is 5.65 Å². The van der Waals surface area contributed by atoms with Gasteiger partial charge in [0.25, 0.3) is 0 Å². The molecule has 0 unspecified atom stereocenters. The zero-order valence-electron chi connectivity index (χ0n) is 11.6. The van der Waals surface area contributed by atoms with Gasteiger partial charge < -0.3 is 10.0 Å². The van der Waals surface area contributed by atoms with Gasteiger partial charge in [0.1, 0.15) is 5.56 Å². The average Bonchev–Trinajstić information content (AvgIpc) is 2.64. The average molecular weight is 262 g/mol. The Bertz CT molecular complexity index is 633. The summed E-state index contributed by atoms with van der Waals surface area (Å²) >= 11 is 0. The van der Waals surface area contributed by atoms with Crippen molar-refractivity contribution in [1.82, 2.24) is 14.8 Å². The van der Waals surface area contributed by atoms with Gasteiger partial charge in [0, 0.05) is 26.8 Å². The summed E-state index contributed by atoms with van der Waals surface area (Å²) in [6, 6.07) is 0. The number of aromatic nitrogens is 3. The van der Waals surface area contributed by atoms with Crippen molar-refractivity contribution in [3.8, 4) is 0 Å². The molecule has 0 aliphatic heterocycles. The number of pyridine rings is 1. The summed E-state index contributed by atoms with van der Waals surface area (Å²) in [4.78, 5) is 17.6. The van der Waals surface area contributed by atoms with Gasteiger partial charge in [-0.15, -0.1) is 0 Å². The van der Waals surface area contributed by atoms with Crippen LogP contribution in [0.5, 0.6) is 0 Å². The van der Waals surface area contributed by atoms with Crippen molar-refractivity contribution in [2.45, 2.75) is 20.3 Å². The van der Waals surface area contributed by atoms with Crippen LogP contribution in [0, 0.1) is 6.92 Å². The van der Waals surface area contributed by atoms with Crippen LogP contribution in [0.1, 0.15) is 29.4 Å². The predicted molar refractivity (Wildman–Crippen MR) is 73.8 cm³/mol. The van der Waals surface area contributed by atoms with E-state index in [1.807, 2.05) is 25.9 Å². The molecule has 0 saturated carbocycles. The van der Waals surface area contributed by atoms with E-state index in [2.05, 4.69) is 17.0 Å². The Morgan fingerprint density at radius 2 is 2.21 bits per heavy atom. The molecular formula is C13H18N4O2. The number of aromatic carboxylic acids is 1. The smallest absolute Gasteiger partial charge is 0.339 e. The van der Waals surface area contributed by atoms with E-state index in [1.54, 1.807) is 4.68 Å². The highest BCUT2D eigenvalue weighted by Crippen LogP contribution is 2.31. The van der Waals surface area contributed by atoms with Crippen molar-refractivity contribution >= 4 is 22.7 Å². The zero-order valence-corrected chi connectivity index (χ0v) is 11.6. The molecule has 6 nitrogen and oxygen atoms in total. The molecule has 2 aromatic rings. The van der Waals surface area contributed by atoms with Gasteiger partial charge in [-0.05, 0) is 13.3 Å². The van der Waals surface area contributed by atoms with Crippen molar-refractivity contribution < 1.29 is 9.90 Å². The molecule has 0 aliphatic carbocycles. The van der Waals surface area contributed by atoms with Crippen molar-refractivity contribution in [2.24, 2.45) is 7.05 Å². The van der Waals surface area contributed by atoms with Gasteiger partial charge in [-0.25, -0.2) is 9.78 Å². The molecule has 0 spiro atoms. The number of hydrogen-bond donors (Lipinski definition) is 1. The fourth-order valence-corrected chi connectivity index (χ4v) is 2.39.